The fourth-order valence-corrected chi connectivity index (χ4v) is 2.89. The minimum Gasteiger partial charge on any atom is -0.481 e. The van der Waals surface area contributed by atoms with Crippen molar-refractivity contribution in [3.63, 3.8) is 0 Å². The lowest BCUT2D eigenvalue weighted by atomic mass is 10.0. The van der Waals surface area contributed by atoms with E-state index in [9.17, 15) is 4.79 Å². The summed E-state index contributed by atoms with van der Waals surface area (Å²) < 4.78 is 2.09. The second-order valence-corrected chi connectivity index (χ2v) is 6.58. The summed E-state index contributed by atoms with van der Waals surface area (Å²) in [6, 6.07) is 0. The van der Waals surface area contributed by atoms with Gasteiger partial charge in [0.25, 0.3) is 0 Å². The predicted octanol–water partition coefficient (Wildman–Crippen LogP) is 3.97. The van der Waals surface area contributed by atoms with Gasteiger partial charge in [0, 0.05) is 12.7 Å². The molecule has 0 aliphatic carbocycles. The second kappa shape index (κ2) is 9.06. The number of imidazole rings is 1. The number of rotatable bonds is 10. The first-order chi connectivity index (χ1) is 9.49. The van der Waals surface area contributed by atoms with E-state index in [1.54, 1.807) is 0 Å². The Hall–Kier alpha value is -0.970. The van der Waals surface area contributed by atoms with Crippen LogP contribution in [0.5, 0.6) is 0 Å². The van der Waals surface area contributed by atoms with Crippen LogP contribution in [-0.4, -0.2) is 26.4 Å². The molecule has 5 heteroatoms. The Morgan fingerprint density at radius 1 is 1.35 bits per heavy atom. The van der Waals surface area contributed by atoms with Gasteiger partial charge in [0.05, 0.1) is 11.4 Å². The van der Waals surface area contributed by atoms with E-state index in [-0.39, 0.29) is 5.75 Å². The molecule has 1 aromatic heterocycles. The van der Waals surface area contributed by atoms with Gasteiger partial charge in [-0.1, -0.05) is 51.3 Å². The minimum absolute atomic E-state index is 0.0742. The lowest BCUT2D eigenvalue weighted by Gasteiger charge is -2.07. The Balaban J connectivity index is 2.30. The lowest BCUT2D eigenvalue weighted by Crippen LogP contribution is -2.03. The highest BCUT2D eigenvalue weighted by atomic mass is 32.2. The van der Waals surface area contributed by atoms with Crippen molar-refractivity contribution in [2.75, 3.05) is 5.75 Å². The zero-order valence-corrected chi connectivity index (χ0v) is 13.6. The van der Waals surface area contributed by atoms with Crippen LogP contribution < -0.4 is 0 Å². The number of unbranched alkanes of at least 4 members (excludes halogenated alkanes) is 3. The number of nitrogens with zero attached hydrogens (tertiary/aromatic N) is 2. The Bertz CT molecular complexity index is 416. The quantitative estimate of drug-likeness (QED) is 0.524. The molecule has 1 rings (SSSR count). The molecule has 0 bridgehead atoms. The summed E-state index contributed by atoms with van der Waals surface area (Å²) in [5, 5.41) is 9.56. The van der Waals surface area contributed by atoms with Gasteiger partial charge in [-0.25, -0.2) is 4.98 Å². The monoisotopic (exact) mass is 298 g/mol. The third-order valence-electron chi connectivity index (χ3n) is 3.12. The topological polar surface area (TPSA) is 55.1 Å². The fraction of sp³-hybridized carbons (Fsp3) is 0.733. The van der Waals surface area contributed by atoms with E-state index >= 15 is 0 Å². The summed E-state index contributed by atoms with van der Waals surface area (Å²) in [7, 11) is 0. The fourth-order valence-electron chi connectivity index (χ4n) is 2.11. The molecule has 0 aromatic carbocycles. The highest BCUT2D eigenvalue weighted by molar-refractivity contribution is 7.99. The summed E-state index contributed by atoms with van der Waals surface area (Å²) in [6.07, 6.45) is 8.27. The van der Waals surface area contributed by atoms with Gasteiger partial charge < -0.3 is 9.67 Å². The molecule has 114 valence electrons. The van der Waals surface area contributed by atoms with Crippen molar-refractivity contribution in [3.8, 4) is 0 Å². The normalized spacial score (nSPS) is 11.2. The summed E-state index contributed by atoms with van der Waals surface area (Å²) in [4.78, 5) is 15.0. The van der Waals surface area contributed by atoms with Crippen molar-refractivity contribution in [3.05, 3.63) is 11.9 Å². The molecule has 4 nitrogen and oxygen atoms in total. The van der Waals surface area contributed by atoms with Crippen LogP contribution >= 0.6 is 11.8 Å². The van der Waals surface area contributed by atoms with E-state index in [1.165, 1.54) is 37.4 Å². The number of aliphatic carboxylic acids is 1. The Morgan fingerprint density at radius 2 is 2.05 bits per heavy atom. The predicted molar refractivity (Wildman–Crippen MR) is 83.2 cm³/mol. The van der Waals surface area contributed by atoms with Gasteiger partial charge in [-0.05, 0) is 19.3 Å². The average Bonchev–Trinajstić information content (AvgIpc) is 2.71. The third-order valence-corrected chi connectivity index (χ3v) is 4.09. The van der Waals surface area contributed by atoms with Crippen LogP contribution in [0.25, 0.3) is 0 Å². The van der Waals surface area contributed by atoms with E-state index < -0.39 is 5.97 Å². The number of carbonyl (C=O) groups is 1. The molecule has 1 heterocycles. The van der Waals surface area contributed by atoms with E-state index in [0.717, 1.165) is 29.7 Å². The SMILES string of the molecule is Cc1cn(CCCCCCC(C)C)c(SCC(=O)O)n1. The Labute approximate surface area is 126 Å². The molecule has 0 radical (unpaired) electrons. The molecule has 0 atom stereocenters. The zero-order chi connectivity index (χ0) is 15.0. The van der Waals surface area contributed by atoms with Gasteiger partial charge in [-0.2, -0.15) is 0 Å². The van der Waals surface area contributed by atoms with Gasteiger partial charge >= 0.3 is 5.97 Å². The molecule has 0 unspecified atom stereocenters. The molecule has 1 aromatic rings. The molecular formula is C15H26N2O2S. The molecule has 0 saturated carbocycles. The molecule has 1 N–H and O–H groups in total. The highest BCUT2D eigenvalue weighted by Crippen LogP contribution is 2.18. The Kier molecular flexibility index (Phi) is 7.73. The van der Waals surface area contributed by atoms with Crippen LogP contribution in [0.4, 0.5) is 0 Å². The van der Waals surface area contributed by atoms with Gasteiger partial charge in [-0.15, -0.1) is 0 Å². The summed E-state index contributed by atoms with van der Waals surface area (Å²) in [5.41, 5.74) is 0.956. The maximum Gasteiger partial charge on any atom is 0.313 e. The largest absolute Gasteiger partial charge is 0.481 e. The Morgan fingerprint density at radius 3 is 2.70 bits per heavy atom. The van der Waals surface area contributed by atoms with Gasteiger partial charge in [0.15, 0.2) is 5.16 Å². The standard InChI is InChI=1S/C15H26N2O2S/c1-12(2)8-6-4-5-7-9-17-10-13(3)16-15(17)20-11-14(18)19/h10,12H,4-9,11H2,1-3H3,(H,18,19). The van der Waals surface area contributed by atoms with Crippen molar-refractivity contribution in [2.45, 2.75) is 64.6 Å². The van der Waals surface area contributed by atoms with Crippen molar-refractivity contribution >= 4 is 17.7 Å². The van der Waals surface area contributed by atoms with Crippen LogP contribution in [0.2, 0.25) is 0 Å². The zero-order valence-electron chi connectivity index (χ0n) is 12.8. The van der Waals surface area contributed by atoms with Crippen LogP contribution in [-0.2, 0) is 11.3 Å². The van der Waals surface area contributed by atoms with E-state index in [1.807, 2.05) is 13.1 Å². The summed E-state index contributed by atoms with van der Waals surface area (Å²) in [5.74, 6) is 0.0754. The number of carboxylic acids is 1. The third kappa shape index (κ3) is 6.98. The highest BCUT2D eigenvalue weighted by Gasteiger charge is 2.08. The first kappa shape index (κ1) is 17.1. The van der Waals surface area contributed by atoms with Crippen molar-refractivity contribution < 1.29 is 9.90 Å². The van der Waals surface area contributed by atoms with E-state index in [4.69, 9.17) is 5.11 Å². The van der Waals surface area contributed by atoms with Crippen molar-refractivity contribution in [1.82, 2.24) is 9.55 Å². The van der Waals surface area contributed by atoms with Gasteiger partial charge in [-0.3, -0.25) is 4.79 Å². The number of thioether (sulfide) groups is 1. The van der Waals surface area contributed by atoms with Crippen LogP contribution in [0.1, 0.15) is 51.6 Å². The van der Waals surface area contributed by atoms with Gasteiger partial charge in [0.1, 0.15) is 0 Å². The van der Waals surface area contributed by atoms with Crippen LogP contribution in [0.3, 0.4) is 0 Å². The number of carboxylic acid groups (broad SMARTS) is 1. The smallest absolute Gasteiger partial charge is 0.313 e. The maximum atomic E-state index is 10.6. The molecule has 0 aliphatic heterocycles. The first-order valence-electron chi connectivity index (χ1n) is 7.37. The molecular weight excluding hydrogens is 272 g/mol. The minimum atomic E-state index is -0.795. The second-order valence-electron chi connectivity index (χ2n) is 5.64. The van der Waals surface area contributed by atoms with Crippen LogP contribution in [0.15, 0.2) is 11.4 Å². The van der Waals surface area contributed by atoms with E-state index in [0.29, 0.717) is 0 Å². The molecule has 0 fully saturated rings. The average molecular weight is 298 g/mol. The lowest BCUT2D eigenvalue weighted by molar-refractivity contribution is -0.133. The number of aromatic nitrogens is 2. The number of hydrogen-bond acceptors (Lipinski definition) is 3. The first-order valence-corrected chi connectivity index (χ1v) is 8.36. The van der Waals surface area contributed by atoms with Crippen molar-refractivity contribution in [2.24, 2.45) is 5.92 Å². The summed E-state index contributed by atoms with van der Waals surface area (Å²) in [6.45, 7) is 7.41. The number of aryl methyl sites for hydroxylation is 2. The van der Waals surface area contributed by atoms with Gasteiger partial charge in [0.2, 0.25) is 0 Å². The number of hydrogen-bond donors (Lipinski definition) is 1. The van der Waals surface area contributed by atoms with Crippen LogP contribution in [0, 0.1) is 12.8 Å². The summed E-state index contributed by atoms with van der Waals surface area (Å²) >= 11 is 1.30. The molecule has 0 aliphatic rings. The van der Waals surface area contributed by atoms with E-state index in [2.05, 4.69) is 23.4 Å². The molecule has 0 spiro atoms. The van der Waals surface area contributed by atoms with Crippen molar-refractivity contribution in [1.29, 1.82) is 0 Å². The molecule has 20 heavy (non-hydrogen) atoms. The maximum absolute atomic E-state index is 10.6. The molecule has 0 saturated heterocycles. The molecule has 0 amide bonds.